The van der Waals surface area contributed by atoms with Crippen molar-refractivity contribution in [2.45, 2.75) is 32.7 Å². The molecule has 0 aliphatic carbocycles. The Kier molecular flexibility index (Phi) is 5.05. The molecular weight excluding hydrogens is 190 g/mol. The van der Waals surface area contributed by atoms with Crippen molar-refractivity contribution in [1.82, 2.24) is 10.2 Å². The van der Waals surface area contributed by atoms with Crippen LogP contribution in [0.4, 0.5) is 0 Å². The highest BCUT2D eigenvalue weighted by atomic mass is 16.2. The van der Waals surface area contributed by atoms with Crippen LogP contribution in [0.5, 0.6) is 0 Å². The van der Waals surface area contributed by atoms with Crippen LogP contribution in [0.1, 0.15) is 26.7 Å². The molecule has 1 atom stereocenters. The lowest BCUT2D eigenvalue weighted by atomic mass is 9.98. The summed E-state index contributed by atoms with van der Waals surface area (Å²) in [4.78, 5) is 13.7. The quantitative estimate of drug-likeness (QED) is 0.700. The third-order valence-corrected chi connectivity index (χ3v) is 2.75. The minimum atomic E-state index is 0.127. The van der Waals surface area contributed by atoms with E-state index >= 15 is 0 Å². The largest absolute Gasteiger partial charge is 0.353 e. The fourth-order valence-corrected chi connectivity index (χ4v) is 2.06. The van der Waals surface area contributed by atoms with Crippen molar-refractivity contribution < 1.29 is 4.79 Å². The lowest BCUT2D eigenvalue weighted by Gasteiger charge is -2.31. The summed E-state index contributed by atoms with van der Waals surface area (Å²) in [6.45, 7) is 7.23. The molecule has 1 heterocycles. The Balaban J connectivity index is 2.28. The Morgan fingerprint density at radius 2 is 2.33 bits per heavy atom. The van der Waals surface area contributed by atoms with Crippen molar-refractivity contribution in [3.63, 3.8) is 0 Å². The van der Waals surface area contributed by atoms with Gasteiger partial charge in [0.15, 0.2) is 0 Å². The van der Waals surface area contributed by atoms with Gasteiger partial charge in [-0.05, 0) is 45.7 Å². The van der Waals surface area contributed by atoms with Crippen LogP contribution in [0, 0.1) is 5.92 Å². The first-order chi connectivity index (χ1) is 7.11. The molecule has 0 aromatic heterocycles. The van der Waals surface area contributed by atoms with E-state index in [0.717, 1.165) is 26.1 Å². The van der Waals surface area contributed by atoms with Gasteiger partial charge < -0.3 is 11.1 Å². The number of nitrogens with two attached hydrogens (primary N) is 1. The first-order valence-corrected chi connectivity index (χ1v) is 5.83. The van der Waals surface area contributed by atoms with E-state index in [1.807, 2.05) is 13.8 Å². The van der Waals surface area contributed by atoms with Gasteiger partial charge in [-0.1, -0.05) is 0 Å². The Hall–Kier alpha value is -0.610. The van der Waals surface area contributed by atoms with Crippen LogP contribution >= 0.6 is 0 Å². The molecule has 1 aliphatic heterocycles. The molecule has 3 N–H and O–H groups in total. The third kappa shape index (κ3) is 4.62. The molecule has 1 unspecified atom stereocenters. The first kappa shape index (κ1) is 12.5. The van der Waals surface area contributed by atoms with Gasteiger partial charge >= 0.3 is 0 Å². The van der Waals surface area contributed by atoms with Crippen molar-refractivity contribution in [3.8, 4) is 0 Å². The van der Waals surface area contributed by atoms with Crippen molar-refractivity contribution in [2.24, 2.45) is 11.7 Å². The molecular formula is C11H23N3O. The second kappa shape index (κ2) is 6.08. The normalized spacial score (nSPS) is 23.1. The summed E-state index contributed by atoms with van der Waals surface area (Å²) >= 11 is 0. The second-order valence-electron chi connectivity index (χ2n) is 4.70. The molecule has 1 saturated heterocycles. The van der Waals surface area contributed by atoms with Gasteiger partial charge in [0.25, 0.3) is 0 Å². The van der Waals surface area contributed by atoms with Crippen LogP contribution in [0.25, 0.3) is 0 Å². The molecule has 0 bridgehead atoms. The van der Waals surface area contributed by atoms with Crippen LogP contribution in [0.2, 0.25) is 0 Å². The van der Waals surface area contributed by atoms with Gasteiger partial charge in [-0.15, -0.1) is 0 Å². The van der Waals surface area contributed by atoms with E-state index in [4.69, 9.17) is 5.73 Å². The summed E-state index contributed by atoms with van der Waals surface area (Å²) in [5.74, 6) is 0.702. The van der Waals surface area contributed by atoms with Crippen molar-refractivity contribution >= 4 is 5.91 Å². The molecule has 88 valence electrons. The Bertz CT molecular complexity index is 206. The highest BCUT2D eigenvalue weighted by Crippen LogP contribution is 2.14. The van der Waals surface area contributed by atoms with E-state index in [0.29, 0.717) is 12.5 Å². The van der Waals surface area contributed by atoms with Crippen LogP contribution < -0.4 is 11.1 Å². The fourth-order valence-electron chi connectivity index (χ4n) is 2.06. The molecule has 1 amide bonds. The summed E-state index contributed by atoms with van der Waals surface area (Å²) < 4.78 is 0. The van der Waals surface area contributed by atoms with Gasteiger partial charge in [0.2, 0.25) is 5.91 Å². The molecule has 0 aromatic rings. The summed E-state index contributed by atoms with van der Waals surface area (Å²) in [5.41, 5.74) is 5.65. The molecule has 0 spiro atoms. The number of amides is 1. The Morgan fingerprint density at radius 1 is 1.60 bits per heavy atom. The summed E-state index contributed by atoms with van der Waals surface area (Å²) in [6.07, 6.45) is 2.37. The minimum Gasteiger partial charge on any atom is -0.353 e. The monoisotopic (exact) mass is 213 g/mol. The molecule has 15 heavy (non-hydrogen) atoms. The molecule has 0 aromatic carbocycles. The van der Waals surface area contributed by atoms with E-state index < -0.39 is 0 Å². The van der Waals surface area contributed by atoms with E-state index in [2.05, 4.69) is 10.2 Å². The average Bonchev–Trinajstić information content (AvgIpc) is 2.16. The molecule has 0 saturated carbocycles. The van der Waals surface area contributed by atoms with Gasteiger partial charge in [-0.25, -0.2) is 0 Å². The number of carbonyl (C=O) groups is 1. The predicted molar refractivity (Wildman–Crippen MR) is 61.5 cm³/mol. The standard InChI is InChI=1S/C11H23N3O/c1-9(2)13-11(15)8-14-5-3-4-10(6-12)7-14/h9-10H,3-8,12H2,1-2H3,(H,13,15). The number of piperidine rings is 1. The second-order valence-corrected chi connectivity index (χ2v) is 4.70. The number of likely N-dealkylation sites (tertiary alicyclic amines) is 1. The zero-order valence-corrected chi connectivity index (χ0v) is 9.83. The summed E-state index contributed by atoms with van der Waals surface area (Å²) in [5, 5.41) is 2.91. The van der Waals surface area contributed by atoms with Gasteiger partial charge in [-0.2, -0.15) is 0 Å². The number of rotatable bonds is 4. The third-order valence-electron chi connectivity index (χ3n) is 2.75. The van der Waals surface area contributed by atoms with Crippen LogP contribution in [-0.2, 0) is 4.79 Å². The Morgan fingerprint density at radius 3 is 2.93 bits per heavy atom. The number of hydrogen-bond donors (Lipinski definition) is 2. The van der Waals surface area contributed by atoms with E-state index in [1.54, 1.807) is 0 Å². The highest BCUT2D eigenvalue weighted by molar-refractivity contribution is 5.78. The van der Waals surface area contributed by atoms with E-state index in [9.17, 15) is 4.79 Å². The molecule has 4 heteroatoms. The van der Waals surface area contributed by atoms with E-state index in [-0.39, 0.29) is 11.9 Å². The lowest BCUT2D eigenvalue weighted by molar-refractivity contribution is -0.123. The molecule has 4 nitrogen and oxygen atoms in total. The maximum atomic E-state index is 11.5. The van der Waals surface area contributed by atoms with Crippen LogP contribution in [-0.4, -0.2) is 43.0 Å². The maximum Gasteiger partial charge on any atom is 0.234 e. The number of nitrogens with one attached hydrogen (secondary N) is 1. The smallest absolute Gasteiger partial charge is 0.234 e. The molecule has 1 rings (SSSR count). The predicted octanol–water partition coefficient (Wildman–Crippen LogP) is 0.182. The van der Waals surface area contributed by atoms with Crippen molar-refractivity contribution in [1.29, 1.82) is 0 Å². The number of hydrogen-bond acceptors (Lipinski definition) is 3. The van der Waals surface area contributed by atoms with Gasteiger partial charge in [0.05, 0.1) is 6.54 Å². The molecule has 1 fully saturated rings. The van der Waals surface area contributed by atoms with Crippen molar-refractivity contribution in [3.05, 3.63) is 0 Å². The van der Waals surface area contributed by atoms with Gasteiger partial charge in [0, 0.05) is 12.6 Å². The average molecular weight is 213 g/mol. The topological polar surface area (TPSA) is 58.4 Å². The number of nitrogens with zero attached hydrogens (tertiary/aromatic N) is 1. The fraction of sp³-hybridized carbons (Fsp3) is 0.909. The van der Waals surface area contributed by atoms with Crippen LogP contribution in [0.3, 0.4) is 0 Å². The summed E-state index contributed by atoms with van der Waals surface area (Å²) in [6, 6.07) is 0.229. The highest BCUT2D eigenvalue weighted by Gasteiger charge is 2.20. The lowest BCUT2D eigenvalue weighted by Crippen LogP contribution is -2.45. The molecule has 1 aliphatic rings. The van der Waals surface area contributed by atoms with Gasteiger partial charge in [-0.3, -0.25) is 9.69 Å². The van der Waals surface area contributed by atoms with Gasteiger partial charge in [0.1, 0.15) is 0 Å². The maximum absolute atomic E-state index is 11.5. The summed E-state index contributed by atoms with van der Waals surface area (Å²) in [7, 11) is 0. The van der Waals surface area contributed by atoms with E-state index in [1.165, 1.54) is 6.42 Å². The minimum absolute atomic E-state index is 0.127. The van der Waals surface area contributed by atoms with Crippen molar-refractivity contribution in [2.75, 3.05) is 26.2 Å². The van der Waals surface area contributed by atoms with Crippen LogP contribution in [0.15, 0.2) is 0 Å². The zero-order valence-electron chi connectivity index (χ0n) is 9.83. The molecule has 0 radical (unpaired) electrons. The zero-order chi connectivity index (χ0) is 11.3. The Labute approximate surface area is 92.2 Å². The number of carbonyl (C=O) groups excluding carboxylic acids is 1. The SMILES string of the molecule is CC(C)NC(=O)CN1CCCC(CN)C1. The first-order valence-electron chi connectivity index (χ1n) is 5.83.